The van der Waals surface area contributed by atoms with E-state index < -0.39 is 17.1 Å². The predicted molar refractivity (Wildman–Crippen MR) is 139 cm³/mol. The van der Waals surface area contributed by atoms with Crippen molar-refractivity contribution in [3.63, 3.8) is 0 Å². The van der Waals surface area contributed by atoms with E-state index in [0.717, 1.165) is 35.1 Å². The van der Waals surface area contributed by atoms with E-state index in [0.29, 0.717) is 34.4 Å². The van der Waals surface area contributed by atoms with E-state index >= 15 is 0 Å². The van der Waals surface area contributed by atoms with Gasteiger partial charge in [0, 0.05) is 17.6 Å². The predicted octanol–water partition coefficient (Wildman–Crippen LogP) is 4.07. The molecule has 8 nitrogen and oxygen atoms in total. The smallest absolute Gasteiger partial charge is 0.308 e. The molecule has 2 saturated heterocycles. The number of carbonyl (C=O) groups excluding carboxylic acids is 3. The molecule has 0 radical (unpaired) electrons. The molecule has 186 valence electrons. The van der Waals surface area contributed by atoms with Gasteiger partial charge in [-0.3, -0.25) is 23.7 Å². The number of furan rings is 1. The molecule has 0 bridgehead atoms. The van der Waals surface area contributed by atoms with Crippen LogP contribution in [-0.2, 0) is 20.9 Å². The SMILES string of the molecule is O=C(Cn1c2c(sc1=O)C(c1ccco1)C1C(=O)N(c3ccc(Br)cc3)C(=O)C1S2)N1CCCCC1. The number of benzene rings is 1. The summed E-state index contributed by atoms with van der Waals surface area (Å²) in [6.07, 6.45) is 4.55. The number of hydrogen-bond donors (Lipinski definition) is 0. The van der Waals surface area contributed by atoms with Gasteiger partial charge < -0.3 is 9.32 Å². The highest BCUT2D eigenvalue weighted by atomic mass is 79.9. The Hall–Kier alpha value is -2.63. The van der Waals surface area contributed by atoms with Crippen molar-refractivity contribution < 1.29 is 18.8 Å². The van der Waals surface area contributed by atoms with Gasteiger partial charge in [-0.1, -0.05) is 39.0 Å². The normalized spacial score (nSPS) is 23.6. The first-order chi connectivity index (χ1) is 17.4. The van der Waals surface area contributed by atoms with Crippen molar-refractivity contribution >= 4 is 62.4 Å². The summed E-state index contributed by atoms with van der Waals surface area (Å²) in [5, 5.41) is -0.147. The highest BCUT2D eigenvalue weighted by molar-refractivity contribution is 9.10. The van der Waals surface area contributed by atoms with Gasteiger partial charge in [-0.05, 0) is 55.7 Å². The first-order valence-corrected chi connectivity index (χ1v) is 14.3. The Balaban J connectivity index is 1.41. The van der Waals surface area contributed by atoms with E-state index in [1.165, 1.54) is 27.5 Å². The highest BCUT2D eigenvalue weighted by Crippen LogP contribution is 2.54. The molecular formula is C25H22BrN3O5S2. The second-order valence-corrected chi connectivity index (χ2v) is 12.1. The molecule has 2 fully saturated rings. The van der Waals surface area contributed by atoms with Crippen LogP contribution in [0.4, 0.5) is 5.69 Å². The highest BCUT2D eigenvalue weighted by Gasteiger charge is 2.57. The van der Waals surface area contributed by atoms with Crippen molar-refractivity contribution in [2.24, 2.45) is 5.92 Å². The Morgan fingerprint density at radius 1 is 1.03 bits per heavy atom. The largest absolute Gasteiger partial charge is 0.469 e. The zero-order chi connectivity index (χ0) is 25.0. The zero-order valence-corrected chi connectivity index (χ0v) is 22.3. The first-order valence-electron chi connectivity index (χ1n) is 11.8. The van der Waals surface area contributed by atoms with Crippen molar-refractivity contribution in [3.8, 4) is 0 Å². The maximum Gasteiger partial charge on any atom is 0.308 e. The van der Waals surface area contributed by atoms with Gasteiger partial charge in [0.15, 0.2) is 0 Å². The second-order valence-electron chi connectivity index (χ2n) is 9.11. The average molecular weight is 589 g/mol. The van der Waals surface area contributed by atoms with Crippen molar-refractivity contribution in [1.29, 1.82) is 0 Å². The maximum atomic E-state index is 13.7. The number of hydrogen-bond acceptors (Lipinski definition) is 7. The Morgan fingerprint density at radius 2 is 1.78 bits per heavy atom. The lowest BCUT2D eigenvalue weighted by Gasteiger charge is -2.30. The molecule has 3 aromatic rings. The van der Waals surface area contributed by atoms with Gasteiger partial charge in [0.1, 0.15) is 17.6 Å². The molecule has 5 heterocycles. The summed E-state index contributed by atoms with van der Waals surface area (Å²) in [5.74, 6) is -1.51. The molecule has 3 unspecified atom stereocenters. The van der Waals surface area contributed by atoms with Crippen molar-refractivity contribution in [2.75, 3.05) is 18.0 Å². The molecule has 3 atom stereocenters. The minimum absolute atomic E-state index is 0.0709. The molecule has 0 aliphatic carbocycles. The van der Waals surface area contributed by atoms with Gasteiger partial charge in [0.05, 0.1) is 33.7 Å². The monoisotopic (exact) mass is 587 g/mol. The van der Waals surface area contributed by atoms with Crippen molar-refractivity contribution in [3.05, 3.63) is 67.4 Å². The molecule has 3 aliphatic heterocycles. The Bertz CT molecular complexity index is 1390. The lowest BCUT2D eigenvalue weighted by Crippen LogP contribution is -2.39. The number of amides is 3. The van der Waals surface area contributed by atoms with E-state index in [9.17, 15) is 19.2 Å². The number of fused-ring (bicyclic) bond motifs is 2. The molecule has 11 heteroatoms. The molecule has 2 aromatic heterocycles. The molecular weight excluding hydrogens is 566 g/mol. The van der Waals surface area contributed by atoms with E-state index in [-0.39, 0.29) is 29.1 Å². The van der Waals surface area contributed by atoms with Gasteiger partial charge in [0.25, 0.3) is 0 Å². The van der Waals surface area contributed by atoms with E-state index in [1.807, 2.05) is 0 Å². The van der Waals surface area contributed by atoms with Gasteiger partial charge in [-0.25, -0.2) is 4.90 Å². The summed E-state index contributed by atoms with van der Waals surface area (Å²) < 4.78 is 8.05. The van der Waals surface area contributed by atoms with Crippen LogP contribution in [-0.4, -0.2) is 45.5 Å². The second kappa shape index (κ2) is 9.35. The Kier molecular flexibility index (Phi) is 6.17. The number of aromatic nitrogens is 1. The quantitative estimate of drug-likeness (QED) is 0.427. The molecule has 3 amide bonds. The number of thioether (sulfide) groups is 1. The fourth-order valence-corrected chi connectivity index (χ4v) is 8.27. The number of rotatable bonds is 4. The fourth-order valence-electron chi connectivity index (χ4n) is 5.25. The van der Waals surface area contributed by atoms with Crippen LogP contribution in [0.15, 0.2) is 61.4 Å². The third kappa shape index (κ3) is 3.88. The number of imide groups is 1. The maximum absolute atomic E-state index is 13.7. The van der Waals surface area contributed by atoms with Crippen LogP contribution in [0, 0.1) is 5.92 Å². The van der Waals surface area contributed by atoms with Crippen LogP contribution in [0.5, 0.6) is 0 Å². The van der Waals surface area contributed by atoms with Crippen LogP contribution < -0.4 is 9.77 Å². The summed E-state index contributed by atoms with van der Waals surface area (Å²) in [4.78, 5) is 57.0. The first kappa shape index (κ1) is 23.7. The summed E-state index contributed by atoms with van der Waals surface area (Å²) in [7, 11) is 0. The third-order valence-electron chi connectivity index (χ3n) is 6.99. The molecule has 3 aliphatic rings. The Morgan fingerprint density at radius 3 is 2.47 bits per heavy atom. The molecule has 36 heavy (non-hydrogen) atoms. The zero-order valence-electron chi connectivity index (χ0n) is 19.1. The van der Waals surface area contributed by atoms with Gasteiger partial charge in [0.2, 0.25) is 17.7 Å². The Labute approximate surface area is 223 Å². The fraction of sp³-hybridized carbons (Fsp3) is 0.360. The third-order valence-corrected chi connectivity index (χ3v) is 10.1. The number of likely N-dealkylation sites (tertiary alicyclic amines) is 1. The number of halogens is 1. The number of carbonyl (C=O) groups is 3. The molecule has 0 N–H and O–H groups in total. The standard InChI is InChI=1S/C25H22BrN3O5S2/c26-14-6-8-15(9-7-14)29-22(31)19-18(16-5-4-12-34-16)21-24(35-20(19)23(29)32)28(25(33)36-21)13-17(30)27-10-2-1-3-11-27/h4-9,12,18-20H,1-3,10-11,13H2. The number of anilines is 1. The minimum atomic E-state index is -0.728. The van der Waals surface area contributed by atoms with E-state index in [1.54, 1.807) is 41.3 Å². The van der Waals surface area contributed by atoms with Crippen LogP contribution >= 0.6 is 39.0 Å². The van der Waals surface area contributed by atoms with Gasteiger partial charge >= 0.3 is 4.87 Å². The van der Waals surface area contributed by atoms with Crippen molar-refractivity contribution in [2.45, 2.75) is 42.0 Å². The average Bonchev–Trinajstić information content (AvgIpc) is 3.58. The minimum Gasteiger partial charge on any atom is -0.469 e. The van der Waals surface area contributed by atoms with E-state index in [4.69, 9.17) is 4.42 Å². The summed E-state index contributed by atoms with van der Waals surface area (Å²) in [6, 6.07) is 10.5. The molecule has 6 rings (SSSR count). The topological polar surface area (TPSA) is 92.8 Å². The van der Waals surface area contributed by atoms with E-state index in [2.05, 4.69) is 15.9 Å². The molecule has 0 spiro atoms. The number of piperidine rings is 1. The number of thiazole rings is 1. The molecule has 1 aromatic carbocycles. The number of nitrogens with zero attached hydrogens (tertiary/aromatic N) is 3. The summed E-state index contributed by atoms with van der Waals surface area (Å²) >= 11 is 5.64. The van der Waals surface area contributed by atoms with Crippen LogP contribution in [0.1, 0.15) is 35.8 Å². The van der Waals surface area contributed by atoms with Gasteiger partial charge in [-0.15, -0.1) is 0 Å². The molecule has 0 saturated carbocycles. The van der Waals surface area contributed by atoms with Crippen LogP contribution in [0.2, 0.25) is 0 Å². The van der Waals surface area contributed by atoms with Crippen LogP contribution in [0.25, 0.3) is 0 Å². The summed E-state index contributed by atoms with van der Waals surface area (Å²) in [6.45, 7) is 1.32. The van der Waals surface area contributed by atoms with Crippen LogP contribution in [0.3, 0.4) is 0 Å². The van der Waals surface area contributed by atoms with Crippen molar-refractivity contribution in [1.82, 2.24) is 9.47 Å². The lowest BCUT2D eigenvalue weighted by atomic mass is 9.87. The lowest BCUT2D eigenvalue weighted by molar-refractivity contribution is -0.133. The van der Waals surface area contributed by atoms with Gasteiger partial charge in [-0.2, -0.15) is 0 Å². The summed E-state index contributed by atoms with van der Waals surface area (Å²) in [5.41, 5.74) is 0.502.